The van der Waals surface area contributed by atoms with Crippen LogP contribution in [-0.4, -0.2) is 31.4 Å². The average Bonchev–Trinajstić information content (AvgIpc) is 3.47. The zero-order valence-electron chi connectivity index (χ0n) is 19.4. The molecule has 2 heterocycles. The van der Waals surface area contributed by atoms with E-state index in [2.05, 4.69) is 41.1 Å². The summed E-state index contributed by atoms with van der Waals surface area (Å²) in [6.07, 6.45) is 1.77. The summed E-state index contributed by atoms with van der Waals surface area (Å²) in [5.74, 6) is 0.755. The van der Waals surface area contributed by atoms with Crippen LogP contribution >= 0.6 is 34.7 Å². The fraction of sp³-hybridized carbons (Fsp3) is 0.111. The second kappa shape index (κ2) is 10.7. The number of anilines is 1. The van der Waals surface area contributed by atoms with Gasteiger partial charge < -0.3 is 5.32 Å². The van der Waals surface area contributed by atoms with E-state index in [-0.39, 0.29) is 11.7 Å². The molecule has 0 aliphatic heterocycles. The normalized spacial score (nSPS) is 11.1. The van der Waals surface area contributed by atoms with E-state index < -0.39 is 0 Å². The zero-order valence-corrected chi connectivity index (χ0v) is 21.8. The molecule has 0 aliphatic carbocycles. The molecule has 6 nitrogen and oxygen atoms in total. The smallest absolute Gasteiger partial charge is 0.234 e. The van der Waals surface area contributed by atoms with Crippen molar-refractivity contribution in [1.82, 2.24) is 19.7 Å². The van der Waals surface area contributed by atoms with E-state index in [1.165, 1.54) is 22.0 Å². The van der Waals surface area contributed by atoms with E-state index in [1.807, 2.05) is 59.2 Å². The summed E-state index contributed by atoms with van der Waals surface area (Å²) in [5.41, 5.74) is 4.83. The molecule has 1 amide bonds. The molecule has 36 heavy (non-hydrogen) atoms. The Morgan fingerprint density at radius 2 is 1.94 bits per heavy atom. The van der Waals surface area contributed by atoms with Gasteiger partial charge >= 0.3 is 0 Å². The molecule has 0 bridgehead atoms. The maximum atomic E-state index is 12.6. The number of nitrogens with one attached hydrogen (secondary N) is 1. The molecule has 0 atom stereocenters. The number of carbonyl (C=O) groups is 1. The minimum atomic E-state index is -0.124. The number of carbonyl (C=O) groups excluding carboxylic acids is 1. The maximum Gasteiger partial charge on any atom is 0.234 e. The lowest BCUT2D eigenvalue weighted by Gasteiger charge is -2.09. The molecule has 5 aromatic rings. The summed E-state index contributed by atoms with van der Waals surface area (Å²) in [4.78, 5) is 17.4. The number of nitrogens with zero attached hydrogens (tertiary/aromatic N) is 4. The lowest BCUT2D eigenvalue weighted by molar-refractivity contribution is -0.113. The molecule has 5 rings (SSSR count). The van der Waals surface area contributed by atoms with Crippen LogP contribution in [0.25, 0.3) is 32.2 Å². The zero-order chi connectivity index (χ0) is 25.1. The highest BCUT2D eigenvalue weighted by Crippen LogP contribution is 2.31. The van der Waals surface area contributed by atoms with Gasteiger partial charge in [-0.2, -0.15) is 0 Å². The number of thioether (sulfide) groups is 1. The molecular formula is C27H22ClN5OS2. The maximum absolute atomic E-state index is 12.6. The number of halogens is 1. The van der Waals surface area contributed by atoms with Crippen molar-refractivity contribution in [3.8, 4) is 22.0 Å². The van der Waals surface area contributed by atoms with Gasteiger partial charge in [0, 0.05) is 28.4 Å². The van der Waals surface area contributed by atoms with Crippen molar-refractivity contribution in [2.75, 3.05) is 11.1 Å². The largest absolute Gasteiger partial charge is 0.325 e. The van der Waals surface area contributed by atoms with E-state index in [0.29, 0.717) is 22.5 Å². The number of benzene rings is 3. The van der Waals surface area contributed by atoms with Crippen molar-refractivity contribution in [3.05, 3.63) is 90.0 Å². The molecular weight excluding hydrogens is 510 g/mol. The van der Waals surface area contributed by atoms with Crippen LogP contribution in [0.5, 0.6) is 0 Å². The van der Waals surface area contributed by atoms with E-state index in [9.17, 15) is 4.79 Å². The Morgan fingerprint density at radius 3 is 2.72 bits per heavy atom. The third-order valence-electron chi connectivity index (χ3n) is 5.40. The summed E-state index contributed by atoms with van der Waals surface area (Å²) in [7, 11) is 0. The molecule has 2 aromatic heterocycles. The van der Waals surface area contributed by atoms with Crippen molar-refractivity contribution < 1.29 is 4.79 Å². The third kappa shape index (κ3) is 5.36. The Labute approximate surface area is 222 Å². The first-order chi connectivity index (χ1) is 17.5. The van der Waals surface area contributed by atoms with Crippen LogP contribution in [0.1, 0.15) is 5.56 Å². The number of hydrogen-bond donors (Lipinski definition) is 1. The second-order valence-electron chi connectivity index (χ2n) is 8.12. The van der Waals surface area contributed by atoms with Crippen LogP contribution in [-0.2, 0) is 11.3 Å². The Hall–Kier alpha value is -3.46. The SMILES string of the molecule is C=CCn1c(SCC(=O)Nc2ccc(-c3nc4ccc(C)cc4s3)cc2)nnc1-c1cccc(Cl)c1. The molecule has 0 unspecified atom stereocenters. The molecule has 0 saturated heterocycles. The van der Waals surface area contributed by atoms with Crippen LogP contribution in [0.4, 0.5) is 5.69 Å². The van der Waals surface area contributed by atoms with Crippen LogP contribution < -0.4 is 5.32 Å². The molecule has 0 spiro atoms. The first-order valence-corrected chi connectivity index (χ1v) is 13.4. The van der Waals surface area contributed by atoms with Crippen molar-refractivity contribution in [1.29, 1.82) is 0 Å². The van der Waals surface area contributed by atoms with Crippen molar-refractivity contribution in [2.45, 2.75) is 18.6 Å². The van der Waals surface area contributed by atoms with Gasteiger partial charge in [-0.05, 0) is 61.0 Å². The highest BCUT2D eigenvalue weighted by molar-refractivity contribution is 7.99. The Balaban J connectivity index is 1.24. The second-order valence-corrected chi connectivity index (χ2v) is 10.5. The van der Waals surface area contributed by atoms with Gasteiger partial charge in [0.15, 0.2) is 11.0 Å². The lowest BCUT2D eigenvalue weighted by atomic mass is 10.2. The monoisotopic (exact) mass is 531 g/mol. The number of fused-ring (bicyclic) bond motifs is 1. The quantitative estimate of drug-likeness (QED) is 0.171. The molecule has 3 aromatic carbocycles. The van der Waals surface area contributed by atoms with Crippen LogP contribution in [0.3, 0.4) is 0 Å². The number of hydrogen-bond acceptors (Lipinski definition) is 6. The number of thiazole rings is 1. The highest BCUT2D eigenvalue weighted by atomic mass is 35.5. The van der Waals surface area contributed by atoms with Crippen molar-refractivity contribution >= 4 is 56.5 Å². The Bertz CT molecular complexity index is 1560. The summed E-state index contributed by atoms with van der Waals surface area (Å²) in [5, 5.41) is 13.8. The lowest BCUT2D eigenvalue weighted by Crippen LogP contribution is -2.14. The number of allylic oxidation sites excluding steroid dienone is 1. The molecule has 9 heteroatoms. The van der Waals surface area contributed by atoms with Crippen LogP contribution in [0.15, 0.2) is 84.5 Å². The van der Waals surface area contributed by atoms with E-state index >= 15 is 0 Å². The van der Waals surface area contributed by atoms with Gasteiger partial charge in [-0.25, -0.2) is 4.98 Å². The summed E-state index contributed by atoms with van der Waals surface area (Å²) >= 11 is 9.13. The van der Waals surface area contributed by atoms with Crippen LogP contribution in [0.2, 0.25) is 5.02 Å². The minimum absolute atomic E-state index is 0.124. The molecule has 0 fully saturated rings. The van der Waals surface area contributed by atoms with Gasteiger partial charge in [-0.1, -0.05) is 47.6 Å². The molecule has 0 saturated carbocycles. The molecule has 0 radical (unpaired) electrons. The van der Waals surface area contributed by atoms with Crippen molar-refractivity contribution in [3.63, 3.8) is 0 Å². The highest BCUT2D eigenvalue weighted by Gasteiger charge is 2.15. The standard InChI is InChI=1S/C27H22ClN5OS2/c1-3-13-33-25(19-5-4-6-20(28)15-19)31-32-27(33)35-16-24(34)29-21-10-8-18(9-11-21)26-30-22-12-7-17(2)14-23(22)36-26/h3-12,14-15H,1,13,16H2,2H3,(H,29,34). The average molecular weight is 532 g/mol. The van der Waals surface area contributed by atoms with E-state index in [0.717, 1.165) is 27.3 Å². The Kier molecular flexibility index (Phi) is 7.18. The predicted octanol–water partition coefficient (Wildman–Crippen LogP) is 7.10. The minimum Gasteiger partial charge on any atom is -0.325 e. The van der Waals surface area contributed by atoms with Gasteiger partial charge in [0.1, 0.15) is 5.01 Å². The summed E-state index contributed by atoms with van der Waals surface area (Å²) < 4.78 is 3.09. The first kappa shape index (κ1) is 24.2. The summed E-state index contributed by atoms with van der Waals surface area (Å²) in [6, 6.07) is 21.5. The first-order valence-electron chi connectivity index (χ1n) is 11.2. The molecule has 180 valence electrons. The van der Waals surface area contributed by atoms with E-state index in [4.69, 9.17) is 16.6 Å². The fourth-order valence-electron chi connectivity index (χ4n) is 3.71. The van der Waals surface area contributed by atoms with Gasteiger partial charge in [0.25, 0.3) is 0 Å². The molecule has 1 N–H and O–H groups in total. The number of rotatable bonds is 8. The van der Waals surface area contributed by atoms with Crippen LogP contribution in [0, 0.1) is 6.92 Å². The predicted molar refractivity (Wildman–Crippen MR) is 150 cm³/mol. The Morgan fingerprint density at radius 1 is 1.11 bits per heavy atom. The number of aromatic nitrogens is 4. The number of amides is 1. The summed E-state index contributed by atoms with van der Waals surface area (Å²) in [6.45, 7) is 6.43. The van der Waals surface area contributed by atoms with Gasteiger partial charge in [-0.3, -0.25) is 9.36 Å². The van der Waals surface area contributed by atoms with Gasteiger partial charge in [0.2, 0.25) is 5.91 Å². The van der Waals surface area contributed by atoms with E-state index in [1.54, 1.807) is 17.4 Å². The third-order valence-corrected chi connectivity index (χ3v) is 7.67. The molecule has 0 aliphatic rings. The number of aryl methyl sites for hydroxylation is 1. The fourth-order valence-corrected chi connectivity index (χ4v) is 5.72. The topological polar surface area (TPSA) is 72.7 Å². The van der Waals surface area contributed by atoms with Gasteiger partial charge in [0.05, 0.1) is 16.0 Å². The van der Waals surface area contributed by atoms with Gasteiger partial charge in [-0.15, -0.1) is 28.1 Å². The van der Waals surface area contributed by atoms with Crippen molar-refractivity contribution in [2.24, 2.45) is 0 Å².